The molecular formula is C12H12O5. The molecule has 5 heteroatoms. The molecule has 2 rings (SSSR count). The van der Waals surface area contributed by atoms with Gasteiger partial charge in [-0.2, -0.15) is 0 Å². The summed E-state index contributed by atoms with van der Waals surface area (Å²) >= 11 is 0. The van der Waals surface area contributed by atoms with Gasteiger partial charge >= 0.3 is 12.3 Å². The molecule has 0 unspecified atom stereocenters. The van der Waals surface area contributed by atoms with Gasteiger partial charge < -0.3 is 14.2 Å². The molecular weight excluding hydrogens is 224 g/mol. The van der Waals surface area contributed by atoms with E-state index in [1.165, 1.54) is 0 Å². The van der Waals surface area contributed by atoms with Gasteiger partial charge in [0.1, 0.15) is 13.2 Å². The lowest BCUT2D eigenvalue weighted by molar-refractivity contribution is 0.0286. The molecule has 1 aliphatic rings. The quantitative estimate of drug-likeness (QED) is 0.511. The van der Waals surface area contributed by atoms with Crippen LogP contribution in [0.15, 0.2) is 12.1 Å². The van der Waals surface area contributed by atoms with E-state index < -0.39 is 12.3 Å². The van der Waals surface area contributed by atoms with E-state index in [0.29, 0.717) is 0 Å². The van der Waals surface area contributed by atoms with Crippen molar-refractivity contribution in [3.63, 3.8) is 0 Å². The third kappa shape index (κ3) is 2.55. The maximum Gasteiger partial charge on any atom is 0.518 e. The summed E-state index contributed by atoms with van der Waals surface area (Å²) in [5, 5.41) is 0. The Morgan fingerprint density at radius 1 is 0.882 bits per heavy atom. The van der Waals surface area contributed by atoms with Crippen molar-refractivity contribution in [1.29, 1.82) is 0 Å². The average molecular weight is 236 g/mol. The maximum atomic E-state index is 11.0. The molecule has 90 valence electrons. The molecule has 1 aliphatic heterocycles. The maximum absolute atomic E-state index is 11.0. The molecule has 0 N–H and O–H groups in total. The van der Waals surface area contributed by atoms with E-state index in [9.17, 15) is 9.59 Å². The van der Waals surface area contributed by atoms with Crippen molar-refractivity contribution in [2.75, 3.05) is 0 Å². The van der Waals surface area contributed by atoms with Crippen molar-refractivity contribution in [1.82, 2.24) is 0 Å². The number of ether oxygens (including phenoxy) is 3. The fourth-order valence-electron chi connectivity index (χ4n) is 1.66. The normalized spacial score (nSPS) is 15.6. The van der Waals surface area contributed by atoms with Crippen LogP contribution in [0.5, 0.6) is 0 Å². The summed E-state index contributed by atoms with van der Waals surface area (Å²) in [6.07, 6.45) is -2.09. The van der Waals surface area contributed by atoms with Crippen LogP contribution in [0.25, 0.3) is 0 Å². The number of aryl methyl sites for hydroxylation is 2. The molecule has 5 nitrogen and oxygen atoms in total. The van der Waals surface area contributed by atoms with Gasteiger partial charge in [-0.3, -0.25) is 0 Å². The molecule has 0 saturated carbocycles. The van der Waals surface area contributed by atoms with Crippen LogP contribution in [0.4, 0.5) is 9.59 Å². The molecule has 0 radical (unpaired) electrons. The first-order valence-electron chi connectivity index (χ1n) is 5.16. The number of rotatable bonds is 0. The van der Waals surface area contributed by atoms with Gasteiger partial charge in [-0.05, 0) is 42.2 Å². The van der Waals surface area contributed by atoms with Crippen LogP contribution in [-0.2, 0) is 27.4 Å². The standard InChI is InChI=1S/C12H12O5/c1-7-3-8(2)10-4-9(7)5-15-11(13)17-12(14)16-6-10/h3-4H,5-6H2,1-2H3. The fourth-order valence-corrected chi connectivity index (χ4v) is 1.66. The van der Waals surface area contributed by atoms with Crippen LogP contribution in [0.3, 0.4) is 0 Å². The molecule has 0 aliphatic carbocycles. The molecule has 1 aromatic rings. The lowest BCUT2D eigenvalue weighted by Gasteiger charge is -2.14. The smallest absolute Gasteiger partial charge is 0.429 e. The number of carbonyl (C=O) groups is 2. The van der Waals surface area contributed by atoms with Gasteiger partial charge in [0.05, 0.1) is 0 Å². The van der Waals surface area contributed by atoms with Crippen LogP contribution in [-0.4, -0.2) is 12.3 Å². The second kappa shape index (κ2) is 4.45. The highest BCUT2D eigenvalue weighted by Gasteiger charge is 2.17. The Hall–Kier alpha value is -2.04. The molecule has 1 aromatic carbocycles. The molecule has 0 aromatic heterocycles. The van der Waals surface area contributed by atoms with Crippen LogP contribution >= 0.6 is 0 Å². The second-order valence-electron chi connectivity index (χ2n) is 3.88. The largest absolute Gasteiger partial charge is 0.518 e. The number of carbonyl (C=O) groups excluding carboxylic acids is 2. The highest BCUT2D eigenvalue weighted by atomic mass is 16.8. The van der Waals surface area contributed by atoms with E-state index in [-0.39, 0.29) is 13.2 Å². The lowest BCUT2D eigenvalue weighted by Crippen LogP contribution is -2.17. The molecule has 0 saturated heterocycles. The van der Waals surface area contributed by atoms with Gasteiger partial charge in [0.15, 0.2) is 0 Å². The monoisotopic (exact) mass is 236 g/mol. The minimum absolute atomic E-state index is 0.0885. The van der Waals surface area contributed by atoms with Crippen molar-refractivity contribution in [2.24, 2.45) is 0 Å². The molecule has 0 spiro atoms. The number of cyclic esters (lactones) is 4. The lowest BCUT2D eigenvalue weighted by atomic mass is 10.0. The van der Waals surface area contributed by atoms with Crippen molar-refractivity contribution in [3.8, 4) is 0 Å². The zero-order valence-corrected chi connectivity index (χ0v) is 9.61. The number of benzene rings is 1. The molecule has 1 heterocycles. The van der Waals surface area contributed by atoms with Crippen LogP contribution in [0.2, 0.25) is 0 Å². The van der Waals surface area contributed by atoms with E-state index >= 15 is 0 Å². The first-order chi connectivity index (χ1) is 8.06. The molecule has 0 fully saturated rings. The highest BCUT2D eigenvalue weighted by Crippen LogP contribution is 2.19. The summed E-state index contributed by atoms with van der Waals surface area (Å²) in [5.41, 5.74) is 3.79. The number of hydrogen-bond acceptors (Lipinski definition) is 5. The van der Waals surface area contributed by atoms with Crippen molar-refractivity contribution < 1.29 is 23.8 Å². The van der Waals surface area contributed by atoms with E-state index in [4.69, 9.17) is 9.47 Å². The van der Waals surface area contributed by atoms with E-state index in [1.54, 1.807) is 0 Å². The third-order valence-electron chi connectivity index (χ3n) is 2.65. The Balaban J connectivity index is 2.36. The summed E-state index contributed by atoms with van der Waals surface area (Å²) < 4.78 is 13.8. The molecule has 0 amide bonds. The van der Waals surface area contributed by atoms with Crippen LogP contribution < -0.4 is 0 Å². The summed E-state index contributed by atoms with van der Waals surface area (Å²) in [6.45, 7) is 4.04. The SMILES string of the molecule is Cc1cc(C)c2cc1COC(=O)OC(=O)OC2. The Bertz CT molecular complexity index is 439. The average Bonchev–Trinajstić information content (AvgIpc) is 2.26. The van der Waals surface area contributed by atoms with E-state index in [1.807, 2.05) is 26.0 Å². The first kappa shape index (κ1) is 11.4. The van der Waals surface area contributed by atoms with E-state index in [0.717, 1.165) is 22.3 Å². The topological polar surface area (TPSA) is 61.8 Å². The second-order valence-corrected chi connectivity index (χ2v) is 3.88. The van der Waals surface area contributed by atoms with Gasteiger partial charge in [0.2, 0.25) is 0 Å². The number of hydrogen-bond donors (Lipinski definition) is 0. The summed E-state index contributed by atoms with van der Waals surface area (Å²) in [4.78, 5) is 22.1. The third-order valence-corrected chi connectivity index (χ3v) is 2.65. The predicted octanol–water partition coefficient (Wildman–Crippen LogP) is 2.61. The van der Waals surface area contributed by atoms with Crippen LogP contribution in [0.1, 0.15) is 22.3 Å². The summed E-state index contributed by atoms with van der Waals surface area (Å²) in [5.74, 6) is 0. The summed E-state index contributed by atoms with van der Waals surface area (Å²) in [6, 6.07) is 3.84. The Morgan fingerprint density at radius 3 is 1.82 bits per heavy atom. The minimum Gasteiger partial charge on any atom is -0.429 e. The Morgan fingerprint density at radius 2 is 1.35 bits per heavy atom. The molecule has 17 heavy (non-hydrogen) atoms. The van der Waals surface area contributed by atoms with Crippen molar-refractivity contribution in [2.45, 2.75) is 27.1 Å². The Kier molecular flexibility index (Phi) is 2.99. The molecule has 0 atom stereocenters. The zero-order chi connectivity index (χ0) is 12.4. The van der Waals surface area contributed by atoms with Crippen molar-refractivity contribution >= 4 is 12.3 Å². The first-order valence-corrected chi connectivity index (χ1v) is 5.16. The summed E-state index contributed by atoms with van der Waals surface area (Å²) in [7, 11) is 0. The molecule has 2 bridgehead atoms. The zero-order valence-electron chi connectivity index (χ0n) is 9.61. The van der Waals surface area contributed by atoms with Gasteiger partial charge in [-0.15, -0.1) is 0 Å². The highest BCUT2D eigenvalue weighted by molar-refractivity contribution is 5.77. The van der Waals surface area contributed by atoms with Gasteiger partial charge in [-0.25, -0.2) is 9.59 Å². The fraction of sp³-hybridized carbons (Fsp3) is 0.333. The Labute approximate surface area is 98.3 Å². The predicted molar refractivity (Wildman–Crippen MR) is 57.4 cm³/mol. The number of fused-ring (bicyclic) bond motifs is 2. The van der Waals surface area contributed by atoms with Gasteiger partial charge in [0, 0.05) is 0 Å². The van der Waals surface area contributed by atoms with Crippen LogP contribution in [0, 0.1) is 13.8 Å². The van der Waals surface area contributed by atoms with Gasteiger partial charge in [0.25, 0.3) is 0 Å². The minimum atomic E-state index is -1.04. The van der Waals surface area contributed by atoms with Gasteiger partial charge in [-0.1, -0.05) is 6.07 Å². The van der Waals surface area contributed by atoms with E-state index in [2.05, 4.69) is 4.74 Å². The van der Waals surface area contributed by atoms with Crippen molar-refractivity contribution in [3.05, 3.63) is 34.4 Å².